The predicted octanol–water partition coefficient (Wildman–Crippen LogP) is 4.24. The lowest BCUT2D eigenvalue weighted by atomic mass is 10.2. The second kappa shape index (κ2) is 12.1. The first-order valence-corrected chi connectivity index (χ1v) is 12.5. The molecule has 0 atom stereocenters. The molecule has 0 unspecified atom stereocenters. The van der Waals surface area contributed by atoms with Crippen LogP contribution in [0.2, 0.25) is 0 Å². The van der Waals surface area contributed by atoms with Gasteiger partial charge in [-0.15, -0.1) is 5.10 Å². The van der Waals surface area contributed by atoms with E-state index in [0.717, 1.165) is 38.3 Å². The third kappa shape index (κ3) is 6.39. The number of aromatic nitrogens is 3. The maximum Gasteiger partial charge on any atom is 0.288 e. The van der Waals surface area contributed by atoms with E-state index in [1.54, 1.807) is 4.68 Å². The number of pyridine rings is 1. The van der Waals surface area contributed by atoms with Crippen LogP contribution in [0.5, 0.6) is 17.2 Å². The van der Waals surface area contributed by atoms with Crippen LogP contribution in [-0.2, 0) is 13.2 Å². The molecule has 9 nitrogen and oxygen atoms in total. The fourth-order valence-electron chi connectivity index (χ4n) is 4.05. The van der Waals surface area contributed by atoms with Gasteiger partial charge in [0, 0.05) is 50.7 Å². The zero-order chi connectivity index (χ0) is 24.6. The Bertz CT molecular complexity index is 1120. The topological polar surface area (TPSA) is 78.0 Å². The SMILES string of the molecule is CCOc1cc(-c2nn(CN3CCN(Cc4ccncc4)CC3)c(=S)o2)cc(OCC)c1OCC. The lowest BCUT2D eigenvalue weighted by molar-refractivity contribution is 0.0974. The van der Waals surface area contributed by atoms with Gasteiger partial charge in [-0.25, -0.2) is 4.68 Å². The fourth-order valence-corrected chi connectivity index (χ4v) is 4.23. The molecule has 3 aromatic rings. The Kier molecular flexibility index (Phi) is 8.73. The van der Waals surface area contributed by atoms with Gasteiger partial charge in [0.25, 0.3) is 4.84 Å². The molecule has 3 heterocycles. The van der Waals surface area contributed by atoms with Crippen LogP contribution in [0.4, 0.5) is 0 Å². The van der Waals surface area contributed by atoms with Crippen molar-refractivity contribution in [2.24, 2.45) is 0 Å². The Balaban J connectivity index is 1.46. The molecule has 1 fully saturated rings. The Labute approximate surface area is 211 Å². The summed E-state index contributed by atoms with van der Waals surface area (Å²) in [5.74, 6) is 2.20. The molecule has 0 amide bonds. The third-order valence-electron chi connectivity index (χ3n) is 5.72. The highest BCUT2D eigenvalue weighted by atomic mass is 32.1. The summed E-state index contributed by atoms with van der Waals surface area (Å²) in [6.07, 6.45) is 3.68. The minimum atomic E-state index is 0.337. The molecule has 0 spiro atoms. The lowest BCUT2D eigenvalue weighted by Crippen LogP contribution is -2.46. The largest absolute Gasteiger partial charge is 0.490 e. The van der Waals surface area contributed by atoms with Gasteiger partial charge in [-0.2, -0.15) is 0 Å². The molecule has 0 saturated carbocycles. The van der Waals surface area contributed by atoms with Crippen LogP contribution in [-0.4, -0.2) is 70.6 Å². The summed E-state index contributed by atoms with van der Waals surface area (Å²) in [5.41, 5.74) is 2.01. The highest BCUT2D eigenvalue weighted by molar-refractivity contribution is 7.71. The normalized spacial score (nSPS) is 14.7. The minimum absolute atomic E-state index is 0.337. The van der Waals surface area contributed by atoms with Gasteiger partial charge in [-0.3, -0.25) is 14.8 Å². The van der Waals surface area contributed by atoms with Gasteiger partial charge >= 0.3 is 0 Å². The molecule has 2 aromatic heterocycles. The second-order valence-electron chi connectivity index (χ2n) is 8.16. The van der Waals surface area contributed by atoms with Crippen molar-refractivity contribution in [1.29, 1.82) is 0 Å². The number of hydrogen-bond donors (Lipinski definition) is 0. The van der Waals surface area contributed by atoms with E-state index in [1.165, 1.54) is 5.56 Å². The molecule has 1 aliphatic rings. The summed E-state index contributed by atoms with van der Waals surface area (Å²) in [6.45, 7) is 12.6. The number of hydrogen-bond acceptors (Lipinski definition) is 9. The summed E-state index contributed by atoms with van der Waals surface area (Å²) in [7, 11) is 0. The molecule has 0 bridgehead atoms. The predicted molar refractivity (Wildman–Crippen MR) is 135 cm³/mol. The fraction of sp³-hybridized carbons (Fsp3) is 0.480. The summed E-state index contributed by atoms with van der Waals surface area (Å²) in [6, 6.07) is 7.86. The molecular formula is C25H33N5O4S. The van der Waals surface area contributed by atoms with Crippen LogP contribution < -0.4 is 14.2 Å². The van der Waals surface area contributed by atoms with Gasteiger partial charge < -0.3 is 18.6 Å². The van der Waals surface area contributed by atoms with Crippen molar-refractivity contribution in [3.05, 3.63) is 47.1 Å². The van der Waals surface area contributed by atoms with Crippen molar-refractivity contribution in [2.75, 3.05) is 46.0 Å². The van der Waals surface area contributed by atoms with Gasteiger partial charge in [0.2, 0.25) is 11.6 Å². The standard InChI is InChI=1S/C25H33N5O4S/c1-4-31-21-15-20(16-22(32-5-2)23(21)33-6-3)24-27-30(25(35)34-24)18-29-13-11-28(12-14-29)17-19-7-9-26-10-8-19/h7-10,15-16H,4-6,11-14,17-18H2,1-3H3. The zero-order valence-corrected chi connectivity index (χ0v) is 21.4. The molecule has 188 valence electrons. The zero-order valence-electron chi connectivity index (χ0n) is 20.6. The second-order valence-corrected chi connectivity index (χ2v) is 8.51. The van der Waals surface area contributed by atoms with Crippen molar-refractivity contribution in [3.8, 4) is 28.7 Å². The first-order chi connectivity index (χ1) is 17.1. The summed E-state index contributed by atoms with van der Waals surface area (Å²) in [4.78, 5) is 9.21. The minimum Gasteiger partial charge on any atom is -0.490 e. The summed E-state index contributed by atoms with van der Waals surface area (Å²) in [5, 5.41) is 4.67. The average Bonchev–Trinajstić information content (AvgIpc) is 3.23. The Morgan fingerprint density at radius 3 is 2.09 bits per heavy atom. The van der Waals surface area contributed by atoms with E-state index in [4.69, 9.17) is 30.8 Å². The molecule has 0 aliphatic carbocycles. The number of piperazine rings is 1. The van der Waals surface area contributed by atoms with Gasteiger partial charge in [0.15, 0.2) is 11.5 Å². The Morgan fingerprint density at radius 2 is 1.49 bits per heavy atom. The number of nitrogens with zero attached hydrogens (tertiary/aromatic N) is 5. The van der Waals surface area contributed by atoms with E-state index >= 15 is 0 Å². The monoisotopic (exact) mass is 499 g/mol. The maximum absolute atomic E-state index is 5.88. The average molecular weight is 500 g/mol. The smallest absolute Gasteiger partial charge is 0.288 e. The quantitative estimate of drug-likeness (QED) is 0.360. The molecule has 35 heavy (non-hydrogen) atoms. The van der Waals surface area contributed by atoms with Crippen LogP contribution in [0, 0.1) is 4.84 Å². The molecule has 1 aliphatic heterocycles. The molecule has 4 rings (SSSR count). The summed E-state index contributed by atoms with van der Waals surface area (Å²) >= 11 is 5.49. The molecule has 1 saturated heterocycles. The van der Waals surface area contributed by atoms with E-state index in [2.05, 4.69) is 32.0 Å². The maximum atomic E-state index is 5.88. The van der Waals surface area contributed by atoms with Gasteiger partial charge in [-0.05, 0) is 62.8 Å². The van der Waals surface area contributed by atoms with Crippen molar-refractivity contribution in [1.82, 2.24) is 24.6 Å². The van der Waals surface area contributed by atoms with Gasteiger partial charge in [0.1, 0.15) is 0 Å². The van der Waals surface area contributed by atoms with Crippen molar-refractivity contribution in [2.45, 2.75) is 34.0 Å². The van der Waals surface area contributed by atoms with Crippen LogP contribution in [0.25, 0.3) is 11.5 Å². The van der Waals surface area contributed by atoms with Gasteiger partial charge in [-0.1, -0.05) is 0 Å². The van der Waals surface area contributed by atoms with Crippen LogP contribution in [0.15, 0.2) is 41.1 Å². The highest BCUT2D eigenvalue weighted by Gasteiger charge is 2.21. The first-order valence-electron chi connectivity index (χ1n) is 12.1. The Morgan fingerprint density at radius 1 is 0.886 bits per heavy atom. The van der Waals surface area contributed by atoms with Gasteiger partial charge in [0.05, 0.1) is 26.5 Å². The number of benzene rings is 1. The van der Waals surface area contributed by atoms with Crippen LogP contribution >= 0.6 is 12.2 Å². The van der Waals surface area contributed by atoms with Crippen LogP contribution in [0.1, 0.15) is 26.3 Å². The van der Waals surface area contributed by atoms with E-state index in [9.17, 15) is 0 Å². The molecular weight excluding hydrogens is 466 g/mol. The van der Waals surface area contributed by atoms with Crippen molar-refractivity contribution in [3.63, 3.8) is 0 Å². The molecule has 10 heteroatoms. The number of ether oxygens (including phenoxy) is 3. The van der Waals surface area contributed by atoms with E-state index in [-0.39, 0.29) is 0 Å². The van der Waals surface area contributed by atoms with Crippen molar-refractivity contribution < 1.29 is 18.6 Å². The van der Waals surface area contributed by atoms with E-state index < -0.39 is 0 Å². The lowest BCUT2D eigenvalue weighted by Gasteiger charge is -2.34. The number of rotatable bonds is 11. The molecule has 0 N–H and O–H groups in total. The molecule has 0 radical (unpaired) electrons. The van der Waals surface area contributed by atoms with Crippen molar-refractivity contribution >= 4 is 12.2 Å². The van der Waals surface area contributed by atoms with Crippen LogP contribution in [0.3, 0.4) is 0 Å². The summed E-state index contributed by atoms with van der Waals surface area (Å²) < 4.78 is 25.1. The van der Waals surface area contributed by atoms with E-state index in [1.807, 2.05) is 45.3 Å². The molecule has 1 aromatic carbocycles. The highest BCUT2D eigenvalue weighted by Crippen LogP contribution is 2.41. The first kappa shape index (κ1) is 25.2. The Hall–Kier alpha value is -2.95. The third-order valence-corrected chi connectivity index (χ3v) is 6.01. The van der Waals surface area contributed by atoms with E-state index in [0.29, 0.717) is 54.5 Å².